The third-order valence-corrected chi connectivity index (χ3v) is 4.71. The van der Waals surface area contributed by atoms with Crippen molar-refractivity contribution in [3.63, 3.8) is 0 Å². The van der Waals surface area contributed by atoms with Crippen molar-refractivity contribution in [1.29, 1.82) is 0 Å². The van der Waals surface area contributed by atoms with E-state index in [1.54, 1.807) is 0 Å². The number of hydrogen-bond donors (Lipinski definition) is 2. The minimum atomic E-state index is -3.46. The maximum Gasteiger partial charge on any atom is 0.337 e. The Morgan fingerprint density at radius 1 is 1.21 bits per heavy atom. The summed E-state index contributed by atoms with van der Waals surface area (Å²) in [6, 6.07) is 3.59. The van der Waals surface area contributed by atoms with Crippen molar-refractivity contribution in [2.24, 2.45) is 0 Å². The highest BCUT2D eigenvalue weighted by Gasteiger charge is 2.17. The normalized spacial score (nSPS) is 11.5. The zero-order valence-corrected chi connectivity index (χ0v) is 11.7. The molecule has 106 valence electrons. The summed E-state index contributed by atoms with van der Waals surface area (Å²) in [4.78, 5) is 10.8. The van der Waals surface area contributed by atoms with E-state index in [0.717, 1.165) is 6.07 Å². The molecule has 0 aliphatic heterocycles. The van der Waals surface area contributed by atoms with Gasteiger partial charge in [-0.25, -0.2) is 13.2 Å². The second-order valence-corrected chi connectivity index (χ2v) is 6.57. The number of rotatable bonds is 7. The molecule has 0 spiro atoms. The van der Waals surface area contributed by atoms with Crippen LogP contribution in [0.2, 0.25) is 5.02 Å². The highest BCUT2D eigenvalue weighted by Crippen LogP contribution is 2.22. The van der Waals surface area contributed by atoms with Gasteiger partial charge < -0.3 is 10.2 Å². The van der Waals surface area contributed by atoms with Crippen molar-refractivity contribution in [2.75, 3.05) is 12.4 Å². The molecule has 0 unspecified atom stereocenters. The van der Waals surface area contributed by atoms with Gasteiger partial charge in [-0.05, 0) is 31.0 Å². The van der Waals surface area contributed by atoms with Gasteiger partial charge in [0.2, 0.25) is 0 Å². The molecule has 0 atom stereocenters. The van der Waals surface area contributed by atoms with E-state index in [9.17, 15) is 13.2 Å². The largest absolute Gasteiger partial charge is 0.478 e. The van der Waals surface area contributed by atoms with Gasteiger partial charge in [-0.15, -0.1) is 0 Å². The molecule has 1 aromatic rings. The lowest BCUT2D eigenvalue weighted by atomic mass is 10.2. The second kappa shape index (κ2) is 6.88. The summed E-state index contributed by atoms with van der Waals surface area (Å²) in [5.74, 6) is -1.24. The Balaban J connectivity index is 2.84. The number of carboxylic acids is 1. The summed E-state index contributed by atoms with van der Waals surface area (Å²) in [6.07, 6.45) is 1.63. The van der Waals surface area contributed by atoms with Gasteiger partial charge in [0.1, 0.15) is 0 Å². The molecule has 0 fully saturated rings. The van der Waals surface area contributed by atoms with Gasteiger partial charge in [0.05, 0.1) is 21.2 Å². The molecule has 0 heterocycles. The smallest absolute Gasteiger partial charge is 0.337 e. The highest BCUT2D eigenvalue weighted by molar-refractivity contribution is 7.91. The molecule has 5 nitrogen and oxygen atoms in total. The molecule has 1 aromatic carbocycles. The monoisotopic (exact) mass is 306 g/mol. The number of aromatic carboxylic acids is 1. The van der Waals surface area contributed by atoms with Crippen molar-refractivity contribution >= 4 is 27.4 Å². The first-order chi connectivity index (χ1) is 8.88. The van der Waals surface area contributed by atoms with Gasteiger partial charge >= 0.3 is 5.97 Å². The highest BCUT2D eigenvalue weighted by atomic mass is 35.5. The minimum Gasteiger partial charge on any atom is -0.478 e. The molecule has 0 saturated carbocycles. The number of halogens is 1. The molecule has 0 amide bonds. The maximum atomic E-state index is 12.0. The molecule has 0 bridgehead atoms. The minimum absolute atomic E-state index is 0.0199. The summed E-state index contributed by atoms with van der Waals surface area (Å²) in [5, 5.41) is 17.3. The Kier molecular flexibility index (Phi) is 5.78. The third kappa shape index (κ3) is 4.49. The van der Waals surface area contributed by atoms with E-state index in [2.05, 4.69) is 0 Å². The van der Waals surface area contributed by atoms with Crippen molar-refractivity contribution in [2.45, 2.75) is 24.2 Å². The summed E-state index contributed by atoms with van der Waals surface area (Å²) >= 11 is 5.74. The third-order valence-electron chi connectivity index (χ3n) is 2.60. The Hall–Kier alpha value is -1.11. The Morgan fingerprint density at radius 3 is 2.42 bits per heavy atom. The fraction of sp³-hybridized carbons (Fsp3) is 0.417. The number of sulfone groups is 1. The zero-order chi connectivity index (χ0) is 14.5. The predicted molar refractivity (Wildman–Crippen MR) is 71.4 cm³/mol. The van der Waals surface area contributed by atoms with Crippen LogP contribution < -0.4 is 0 Å². The zero-order valence-electron chi connectivity index (χ0n) is 10.2. The average Bonchev–Trinajstić information content (AvgIpc) is 2.34. The van der Waals surface area contributed by atoms with Crippen LogP contribution in [-0.2, 0) is 9.84 Å². The average molecular weight is 307 g/mol. The molecule has 2 N–H and O–H groups in total. The van der Waals surface area contributed by atoms with Crippen LogP contribution in [0.4, 0.5) is 0 Å². The SMILES string of the molecule is O=C(O)c1ccc(S(=O)(=O)CCCCCO)cc1Cl. The first-order valence-corrected chi connectivity index (χ1v) is 7.78. The van der Waals surface area contributed by atoms with Crippen LogP contribution in [0.25, 0.3) is 0 Å². The van der Waals surface area contributed by atoms with Crippen LogP contribution in [0.5, 0.6) is 0 Å². The Morgan fingerprint density at radius 2 is 1.89 bits per heavy atom. The molecular formula is C12H15ClO5S. The van der Waals surface area contributed by atoms with E-state index in [1.807, 2.05) is 0 Å². The summed E-state index contributed by atoms with van der Waals surface area (Å²) in [7, 11) is -3.46. The summed E-state index contributed by atoms with van der Waals surface area (Å²) in [6.45, 7) is 0.0409. The van der Waals surface area contributed by atoms with Crippen molar-refractivity contribution in [3.8, 4) is 0 Å². The Bertz CT molecular complexity index is 553. The molecule has 0 aliphatic carbocycles. The molecule has 0 aromatic heterocycles. The standard InChI is InChI=1S/C12H15ClO5S/c13-11-8-9(4-5-10(11)12(15)16)19(17,18)7-3-1-2-6-14/h4-5,8,14H,1-3,6-7H2,(H,15,16). The van der Waals surface area contributed by atoms with Gasteiger partial charge in [-0.1, -0.05) is 18.0 Å². The molecule has 1 rings (SSSR count). The molecule has 0 saturated heterocycles. The lowest BCUT2D eigenvalue weighted by Crippen LogP contribution is -2.08. The Labute approximate surface area is 116 Å². The van der Waals surface area contributed by atoms with Crippen LogP contribution in [0.15, 0.2) is 23.1 Å². The molecule has 0 radical (unpaired) electrons. The first-order valence-electron chi connectivity index (χ1n) is 5.75. The van der Waals surface area contributed by atoms with Gasteiger partial charge in [-0.2, -0.15) is 0 Å². The van der Waals surface area contributed by atoms with E-state index in [-0.39, 0.29) is 27.8 Å². The lowest BCUT2D eigenvalue weighted by molar-refractivity contribution is 0.0697. The first kappa shape index (κ1) is 15.9. The van der Waals surface area contributed by atoms with Crippen LogP contribution in [0.3, 0.4) is 0 Å². The van der Waals surface area contributed by atoms with Crippen molar-refractivity contribution in [1.82, 2.24) is 0 Å². The van der Waals surface area contributed by atoms with Gasteiger partial charge in [0, 0.05) is 6.61 Å². The number of benzene rings is 1. The number of unbranched alkanes of at least 4 members (excludes halogenated alkanes) is 2. The van der Waals surface area contributed by atoms with E-state index in [4.69, 9.17) is 21.8 Å². The van der Waals surface area contributed by atoms with E-state index in [1.165, 1.54) is 12.1 Å². The topological polar surface area (TPSA) is 91.7 Å². The van der Waals surface area contributed by atoms with Gasteiger partial charge in [0.25, 0.3) is 0 Å². The number of carboxylic acid groups (broad SMARTS) is 1. The second-order valence-electron chi connectivity index (χ2n) is 4.05. The van der Waals surface area contributed by atoms with E-state index < -0.39 is 15.8 Å². The number of aliphatic hydroxyl groups is 1. The van der Waals surface area contributed by atoms with Crippen LogP contribution in [0.1, 0.15) is 29.6 Å². The maximum absolute atomic E-state index is 12.0. The van der Waals surface area contributed by atoms with Crippen LogP contribution in [0, 0.1) is 0 Å². The van der Waals surface area contributed by atoms with Gasteiger partial charge in [0.15, 0.2) is 9.84 Å². The van der Waals surface area contributed by atoms with Crippen molar-refractivity contribution < 1.29 is 23.4 Å². The summed E-state index contributed by atoms with van der Waals surface area (Å²) < 4.78 is 23.9. The summed E-state index contributed by atoms with van der Waals surface area (Å²) in [5.41, 5.74) is -0.124. The predicted octanol–water partition coefficient (Wildman–Crippen LogP) is 1.97. The van der Waals surface area contributed by atoms with Crippen LogP contribution >= 0.6 is 11.6 Å². The molecule has 19 heavy (non-hydrogen) atoms. The van der Waals surface area contributed by atoms with Gasteiger partial charge in [-0.3, -0.25) is 0 Å². The fourth-order valence-corrected chi connectivity index (χ4v) is 3.28. The number of hydrogen-bond acceptors (Lipinski definition) is 4. The molecular weight excluding hydrogens is 292 g/mol. The van der Waals surface area contributed by atoms with Crippen LogP contribution in [-0.4, -0.2) is 37.0 Å². The lowest BCUT2D eigenvalue weighted by Gasteiger charge is -2.06. The van der Waals surface area contributed by atoms with E-state index in [0.29, 0.717) is 19.3 Å². The van der Waals surface area contributed by atoms with Crippen molar-refractivity contribution in [3.05, 3.63) is 28.8 Å². The number of aliphatic hydroxyl groups excluding tert-OH is 1. The molecule has 0 aliphatic rings. The number of carbonyl (C=O) groups is 1. The quantitative estimate of drug-likeness (QED) is 0.751. The molecule has 7 heteroatoms. The fourth-order valence-electron chi connectivity index (χ4n) is 1.56. The van der Waals surface area contributed by atoms with E-state index >= 15 is 0 Å².